The molecule has 2 N–H and O–H groups in total. The number of anilines is 1. The van der Waals surface area contributed by atoms with Gasteiger partial charge in [0.2, 0.25) is 0 Å². The topological polar surface area (TPSA) is 56.0 Å². The van der Waals surface area contributed by atoms with Crippen molar-refractivity contribution in [2.24, 2.45) is 5.92 Å². The Morgan fingerprint density at radius 3 is 2.80 bits per heavy atom. The Kier molecular flexibility index (Phi) is 5.71. The molecule has 0 bridgehead atoms. The average Bonchev–Trinajstić information content (AvgIpc) is 2.89. The van der Waals surface area contributed by atoms with Gasteiger partial charge in [-0.25, -0.2) is 0 Å². The van der Waals surface area contributed by atoms with Gasteiger partial charge in [-0.1, -0.05) is 24.3 Å². The standard InChI is InChI=1S/C27H32N2O/c1-18-14-20-10-9-19(6-5-13-30)15-25(24(20)16-21(18)17-28)22-7-4-8-26-23(22)11-12-27(2,3)29-26/h4,7-8,14-16,19,29-30H,5-6,9-13H2,1-3H3. The molecule has 3 nitrogen and oxygen atoms in total. The minimum Gasteiger partial charge on any atom is -0.396 e. The van der Waals surface area contributed by atoms with Gasteiger partial charge in [0.25, 0.3) is 0 Å². The van der Waals surface area contributed by atoms with E-state index in [1.807, 2.05) is 6.92 Å². The van der Waals surface area contributed by atoms with Crippen LogP contribution in [-0.4, -0.2) is 17.3 Å². The summed E-state index contributed by atoms with van der Waals surface area (Å²) in [6.07, 6.45) is 8.50. The Bertz CT molecular complexity index is 1030. The van der Waals surface area contributed by atoms with E-state index in [4.69, 9.17) is 0 Å². The predicted octanol–water partition coefficient (Wildman–Crippen LogP) is 5.77. The summed E-state index contributed by atoms with van der Waals surface area (Å²) in [5.41, 5.74) is 9.65. The average molecular weight is 401 g/mol. The predicted molar refractivity (Wildman–Crippen MR) is 124 cm³/mol. The first kappa shape index (κ1) is 20.7. The van der Waals surface area contributed by atoms with Crippen molar-refractivity contribution in [2.75, 3.05) is 11.9 Å². The van der Waals surface area contributed by atoms with Crippen LogP contribution in [0.25, 0.3) is 5.57 Å². The molecule has 2 aliphatic rings. The summed E-state index contributed by atoms with van der Waals surface area (Å²) in [5.74, 6) is 0.439. The number of fused-ring (bicyclic) bond motifs is 2. The van der Waals surface area contributed by atoms with Crippen molar-refractivity contribution >= 4 is 11.3 Å². The highest BCUT2D eigenvalue weighted by Gasteiger charge is 2.28. The molecule has 0 saturated carbocycles. The van der Waals surface area contributed by atoms with Gasteiger partial charge >= 0.3 is 0 Å². The van der Waals surface area contributed by atoms with Crippen molar-refractivity contribution in [3.63, 3.8) is 0 Å². The number of aliphatic hydroxyl groups excluding tert-OH is 1. The van der Waals surface area contributed by atoms with E-state index < -0.39 is 0 Å². The zero-order chi connectivity index (χ0) is 21.3. The van der Waals surface area contributed by atoms with Crippen LogP contribution >= 0.6 is 0 Å². The van der Waals surface area contributed by atoms with E-state index in [2.05, 4.69) is 61.6 Å². The maximum absolute atomic E-state index is 9.66. The molecule has 1 aliphatic carbocycles. The first-order chi connectivity index (χ1) is 14.4. The number of allylic oxidation sites excluding steroid dienone is 1. The second kappa shape index (κ2) is 8.28. The van der Waals surface area contributed by atoms with Crippen molar-refractivity contribution < 1.29 is 5.11 Å². The third-order valence-corrected chi connectivity index (χ3v) is 6.72. The van der Waals surface area contributed by atoms with Crippen LogP contribution in [0.4, 0.5) is 5.69 Å². The molecule has 0 saturated heterocycles. The molecule has 0 aromatic heterocycles. The monoisotopic (exact) mass is 400 g/mol. The van der Waals surface area contributed by atoms with Crippen LogP contribution in [0.1, 0.15) is 72.9 Å². The molecule has 3 heteroatoms. The van der Waals surface area contributed by atoms with E-state index in [-0.39, 0.29) is 12.1 Å². The van der Waals surface area contributed by atoms with Gasteiger partial charge in [-0.2, -0.15) is 5.26 Å². The van der Waals surface area contributed by atoms with E-state index in [9.17, 15) is 10.4 Å². The first-order valence-electron chi connectivity index (χ1n) is 11.2. The quantitative estimate of drug-likeness (QED) is 0.685. The fraction of sp³-hybridized carbons (Fsp3) is 0.444. The van der Waals surface area contributed by atoms with E-state index in [0.717, 1.165) is 49.7 Å². The number of benzene rings is 2. The Balaban J connectivity index is 1.88. The summed E-state index contributed by atoms with van der Waals surface area (Å²) >= 11 is 0. The lowest BCUT2D eigenvalue weighted by molar-refractivity contribution is 0.276. The molecule has 156 valence electrons. The number of nitrogens with one attached hydrogen (secondary N) is 1. The fourth-order valence-corrected chi connectivity index (χ4v) is 5.00. The molecule has 1 heterocycles. The minimum absolute atomic E-state index is 0.107. The Morgan fingerprint density at radius 1 is 1.20 bits per heavy atom. The number of aryl methyl sites for hydroxylation is 2. The highest BCUT2D eigenvalue weighted by atomic mass is 16.2. The third kappa shape index (κ3) is 4.02. The zero-order valence-electron chi connectivity index (χ0n) is 18.4. The van der Waals surface area contributed by atoms with Gasteiger partial charge in [0.15, 0.2) is 0 Å². The lowest BCUT2D eigenvalue weighted by Crippen LogP contribution is -2.35. The summed E-state index contributed by atoms with van der Waals surface area (Å²) in [7, 11) is 0. The molecule has 2 aromatic carbocycles. The lowest BCUT2D eigenvalue weighted by atomic mass is 9.82. The molecule has 1 unspecified atom stereocenters. The molecule has 0 spiro atoms. The number of nitriles is 1. The second-order valence-corrected chi connectivity index (χ2v) is 9.52. The summed E-state index contributed by atoms with van der Waals surface area (Å²) < 4.78 is 0. The van der Waals surface area contributed by atoms with Gasteiger partial charge in [0.1, 0.15) is 0 Å². The van der Waals surface area contributed by atoms with E-state index >= 15 is 0 Å². The number of rotatable bonds is 4. The number of nitrogens with zero attached hydrogens (tertiary/aromatic N) is 1. The van der Waals surface area contributed by atoms with Crippen molar-refractivity contribution in [2.45, 2.75) is 64.8 Å². The lowest BCUT2D eigenvalue weighted by Gasteiger charge is -2.35. The van der Waals surface area contributed by atoms with Gasteiger partial charge in [0, 0.05) is 17.8 Å². The molecule has 4 rings (SSSR count). The third-order valence-electron chi connectivity index (χ3n) is 6.72. The van der Waals surface area contributed by atoms with Crippen LogP contribution in [0.3, 0.4) is 0 Å². The van der Waals surface area contributed by atoms with Gasteiger partial charge in [-0.3, -0.25) is 0 Å². The van der Waals surface area contributed by atoms with Crippen LogP contribution in [0.5, 0.6) is 0 Å². The molecule has 30 heavy (non-hydrogen) atoms. The largest absolute Gasteiger partial charge is 0.396 e. The van der Waals surface area contributed by atoms with E-state index in [1.165, 1.54) is 33.5 Å². The zero-order valence-corrected chi connectivity index (χ0v) is 18.4. The first-order valence-corrected chi connectivity index (χ1v) is 11.2. The molecule has 1 atom stereocenters. The highest BCUT2D eigenvalue weighted by molar-refractivity contribution is 5.86. The van der Waals surface area contributed by atoms with Crippen LogP contribution < -0.4 is 5.32 Å². The Hall–Kier alpha value is -2.57. The van der Waals surface area contributed by atoms with Crippen LogP contribution in [0.15, 0.2) is 36.4 Å². The smallest absolute Gasteiger partial charge is 0.0994 e. The van der Waals surface area contributed by atoms with Gasteiger partial charge in [-0.15, -0.1) is 0 Å². The van der Waals surface area contributed by atoms with Gasteiger partial charge < -0.3 is 10.4 Å². The summed E-state index contributed by atoms with van der Waals surface area (Å²) in [4.78, 5) is 0. The molecular formula is C27H32N2O. The Labute approximate surface area is 180 Å². The van der Waals surface area contributed by atoms with E-state index in [0.29, 0.717) is 5.92 Å². The van der Waals surface area contributed by atoms with Crippen molar-refractivity contribution in [1.29, 1.82) is 5.26 Å². The van der Waals surface area contributed by atoms with Crippen LogP contribution in [0.2, 0.25) is 0 Å². The number of hydrogen-bond acceptors (Lipinski definition) is 3. The molecule has 0 amide bonds. The molecule has 1 aliphatic heterocycles. The molecule has 2 aromatic rings. The summed E-state index contributed by atoms with van der Waals surface area (Å²) in [6, 6.07) is 13.3. The van der Waals surface area contributed by atoms with Crippen molar-refractivity contribution in [1.82, 2.24) is 0 Å². The number of aliphatic hydroxyl groups is 1. The highest BCUT2D eigenvalue weighted by Crippen LogP contribution is 2.41. The molecule has 0 fully saturated rings. The van der Waals surface area contributed by atoms with E-state index in [1.54, 1.807) is 0 Å². The normalized spacial score (nSPS) is 19.6. The van der Waals surface area contributed by atoms with Crippen LogP contribution in [-0.2, 0) is 12.8 Å². The van der Waals surface area contributed by atoms with Crippen LogP contribution in [0, 0.1) is 24.2 Å². The second-order valence-electron chi connectivity index (χ2n) is 9.52. The maximum atomic E-state index is 9.66. The SMILES string of the molecule is Cc1cc2c(cc1C#N)C(c1cccc3c1CCC(C)(C)N3)=CC(CCCO)CC2. The van der Waals surface area contributed by atoms with Crippen molar-refractivity contribution in [3.8, 4) is 6.07 Å². The fourth-order valence-electron chi connectivity index (χ4n) is 5.00. The number of hydrogen-bond donors (Lipinski definition) is 2. The molecule has 0 radical (unpaired) electrons. The van der Waals surface area contributed by atoms with Gasteiger partial charge in [0.05, 0.1) is 11.6 Å². The summed E-state index contributed by atoms with van der Waals surface area (Å²) in [6.45, 7) is 6.79. The Morgan fingerprint density at radius 2 is 2.03 bits per heavy atom. The molecular weight excluding hydrogens is 368 g/mol. The van der Waals surface area contributed by atoms with Crippen molar-refractivity contribution in [3.05, 3.63) is 69.8 Å². The maximum Gasteiger partial charge on any atom is 0.0994 e. The van der Waals surface area contributed by atoms with Gasteiger partial charge in [-0.05, 0) is 111 Å². The minimum atomic E-state index is 0.107. The summed E-state index contributed by atoms with van der Waals surface area (Å²) in [5, 5.41) is 22.7.